The summed E-state index contributed by atoms with van der Waals surface area (Å²) in [6.07, 6.45) is 1.19. The van der Waals surface area contributed by atoms with Gasteiger partial charge in [0.05, 0.1) is 7.11 Å². The second-order valence-corrected chi connectivity index (χ2v) is 9.71. The van der Waals surface area contributed by atoms with Crippen LogP contribution >= 0.6 is 0 Å². The molecule has 1 amide bonds. The van der Waals surface area contributed by atoms with Crippen molar-refractivity contribution < 1.29 is 22.7 Å². The Morgan fingerprint density at radius 2 is 1.77 bits per heavy atom. The molecular formula is C22H29N3O5S. The minimum atomic E-state index is -3.38. The highest BCUT2D eigenvalue weighted by Gasteiger charge is 2.30. The van der Waals surface area contributed by atoms with Gasteiger partial charge in [-0.15, -0.1) is 0 Å². The van der Waals surface area contributed by atoms with E-state index in [1.807, 2.05) is 24.3 Å². The summed E-state index contributed by atoms with van der Waals surface area (Å²) in [5.41, 5.74) is 1.50. The van der Waals surface area contributed by atoms with Crippen molar-refractivity contribution in [3.05, 3.63) is 59.7 Å². The van der Waals surface area contributed by atoms with Gasteiger partial charge in [-0.25, -0.2) is 0 Å². The number of methoxy groups -OCH3 is 1. The number of nitrogens with zero attached hydrogens (tertiary/aromatic N) is 2. The Morgan fingerprint density at radius 3 is 2.39 bits per heavy atom. The van der Waals surface area contributed by atoms with Crippen molar-refractivity contribution in [1.29, 1.82) is 0 Å². The molecule has 8 nitrogen and oxygen atoms in total. The molecule has 0 bridgehead atoms. The molecule has 0 aliphatic carbocycles. The number of piperidine rings is 1. The Hall–Kier alpha value is -2.62. The Morgan fingerprint density at radius 1 is 1.10 bits per heavy atom. The van der Waals surface area contributed by atoms with E-state index in [0.29, 0.717) is 43.8 Å². The largest absolute Gasteiger partial charge is 0.497 e. The summed E-state index contributed by atoms with van der Waals surface area (Å²) < 4.78 is 38.3. The number of nitrogens with one attached hydrogen (secondary N) is 1. The predicted octanol–water partition coefficient (Wildman–Crippen LogP) is 2.27. The molecule has 2 aromatic carbocycles. The van der Waals surface area contributed by atoms with Crippen LogP contribution in [-0.4, -0.2) is 63.3 Å². The van der Waals surface area contributed by atoms with Gasteiger partial charge in [0.2, 0.25) is 0 Å². The molecule has 1 saturated heterocycles. The maximum Gasteiger partial charge on any atom is 0.281 e. The molecular weight excluding hydrogens is 418 g/mol. The Balaban J connectivity index is 1.49. The van der Waals surface area contributed by atoms with Crippen molar-refractivity contribution >= 4 is 16.1 Å². The first-order chi connectivity index (χ1) is 14.8. The van der Waals surface area contributed by atoms with Crippen molar-refractivity contribution in [3.63, 3.8) is 0 Å². The minimum Gasteiger partial charge on any atom is -0.497 e. The number of hydrogen-bond donors (Lipinski definition) is 1. The molecule has 0 spiro atoms. The molecule has 0 atom stereocenters. The van der Waals surface area contributed by atoms with Gasteiger partial charge in [0, 0.05) is 39.3 Å². The van der Waals surface area contributed by atoms with Gasteiger partial charge in [0.15, 0.2) is 0 Å². The van der Waals surface area contributed by atoms with Crippen LogP contribution in [0.1, 0.15) is 28.8 Å². The van der Waals surface area contributed by atoms with Crippen molar-refractivity contribution in [2.75, 3.05) is 34.3 Å². The van der Waals surface area contributed by atoms with E-state index in [1.54, 1.807) is 31.4 Å². The smallest absolute Gasteiger partial charge is 0.281 e. The molecule has 2 aromatic rings. The second-order valence-electron chi connectivity index (χ2n) is 7.57. The van der Waals surface area contributed by atoms with E-state index in [0.717, 1.165) is 11.3 Å². The molecule has 0 aromatic heterocycles. The average Bonchev–Trinajstić information content (AvgIpc) is 2.78. The van der Waals surface area contributed by atoms with Crippen LogP contribution in [0.4, 0.5) is 0 Å². The zero-order valence-corrected chi connectivity index (χ0v) is 18.9. The van der Waals surface area contributed by atoms with Crippen molar-refractivity contribution in [2.24, 2.45) is 0 Å². The predicted molar refractivity (Wildman–Crippen MR) is 118 cm³/mol. The van der Waals surface area contributed by atoms with E-state index in [9.17, 15) is 13.2 Å². The molecule has 31 heavy (non-hydrogen) atoms. The molecule has 1 fully saturated rings. The summed E-state index contributed by atoms with van der Waals surface area (Å²) in [6.45, 7) is 1.26. The van der Waals surface area contributed by atoms with Crippen LogP contribution in [0.25, 0.3) is 0 Å². The number of ether oxygens (including phenoxy) is 2. The van der Waals surface area contributed by atoms with Crippen LogP contribution in [0.5, 0.6) is 11.5 Å². The highest BCUT2D eigenvalue weighted by atomic mass is 32.2. The molecule has 9 heteroatoms. The summed E-state index contributed by atoms with van der Waals surface area (Å²) in [7, 11) is 1.29. The van der Waals surface area contributed by atoms with E-state index in [2.05, 4.69) is 5.32 Å². The van der Waals surface area contributed by atoms with Crippen LogP contribution in [0.2, 0.25) is 0 Å². The topological polar surface area (TPSA) is 88.2 Å². The normalized spacial score (nSPS) is 15.6. The molecule has 1 N–H and O–H groups in total. The van der Waals surface area contributed by atoms with Gasteiger partial charge in [0.1, 0.15) is 17.6 Å². The standard InChI is InChI=1S/C22H29N3O5S/c1-24(2)31(27,28)25-13-11-20(12-14-25)30-19-9-7-18(8-10-19)22(26)23-16-17-5-4-6-21(15-17)29-3/h4-10,15,20H,11-14,16H2,1-3H3,(H,23,26). The number of rotatable bonds is 8. The highest BCUT2D eigenvalue weighted by Crippen LogP contribution is 2.22. The lowest BCUT2D eigenvalue weighted by Crippen LogP contribution is -2.46. The van der Waals surface area contributed by atoms with Gasteiger partial charge in [-0.05, 0) is 54.8 Å². The van der Waals surface area contributed by atoms with Gasteiger partial charge in [0.25, 0.3) is 16.1 Å². The average molecular weight is 448 g/mol. The van der Waals surface area contributed by atoms with Crippen LogP contribution in [0.15, 0.2) is 48.5 Å². The first kappa shape index (κ1) is 23.1. The third-order valence-corrected chi connectivity index (χ3v) is 7.14. The third-order valence-electron chi connectivity index (χ3n) is 5.20. The summed E-state index contributed by atoms with van der Waals surface area (Å²) >= 11 is 0. The monoisotopic (exact) mass is 447 g/mol. The van der Waals surface area contributed by atoms with E-state index in [1.165, 1.54) is 22.7 Å². The SMILES string of the molecule is COc1cccc(CNC(=O)c2ccc(OC3CCN(S(=O)(=O)N(C)C)CC3)cc2)c1. The molecule has 1 aliphatic rings. The van der Waals surface area contributed by atoms with Crippen molar-refractivity contribution in [3.8, 4) is 11.5 Å². The first-order valence-corrected chi connectivity index (χ1v) is 11.5. The van der Waals surface area contributed by atoms with Crippen LogP contribution in [0, 0.1) is 0 Å². The van der Waals surface area contributed by atoms with Crippen LogP contribution in [0.3, 0.4) is 0 Å². The first-order valence-electron chi connectivity index (χ1n) is 10.1. The van der Waals surface area contributed by atoms with Gasteiger partial charge in [-0.3, -0.25) is 4.79 Å². The molecule has 1 heterocycles. The van der Waals surface area contributed by atoms with E-state index in [4.69, 9.17) is 9.47 Å². The van der Waals surface area contributed by atoms with Gasteiger partial charge < -0.3 is 14.8 Å². The number of benzene rings is 2. The summed E-state index contributed by atoms with van der Waals surface area (Å²) in [6, 6.07) is 14.5. The van der Waals surface area contributed by atoms with Crippen molar-refractivity contribution in [2.45, 2.75) is 25.5 Å². The number of hydrogen-bond acceptors (Lipinski definition) is 5. The zero-order chi connectivity index (χ0) is 22.4. The van der Waals surface area contributed by atoms with Gasteiger partial charge >= 0.3 is 0 Å². The molecule has 168 valence electrons. The fraction of sp³-hybridized carbons (Fsp3) is 0.409. The molecule has 3 rings (SSSR count). The third kappa shape index (κ3) is 5.96. The number of carbonyl (C=O) groups excluding carboxylic acids is 1. The molecule has 0 unspecified atom stereocenters. The Labute approximate surface area is 183 Å². The minimum absolute atomic E-state index is 0.0543. The maximum atomic E-state index is 12.4. The lowest BCUT2D eigenvalue weighted by Gasteiger charge is -2.32. The van der Waals surface area contributed by atoms with Crippen molar-refractivity contribution in [1.82, 2.24) is 13.9 Å². The van der Waals surface area contributed by atoms with Crippen LogP contribution < -0.4 is 14.8 Å². The van der Waals surface area contributed by atoms with Gasteiger partial charge in [-0.1, -0.05) is 12.1 Å². The second kappa shape index (κ2) is 10.1. The zero-order valence-electron chi connectivity index (χ0n) is 18.1. The van der Waals surface area contributed by atoms with E-state index < -0.39 is 10.2 Å². The van der Waals surface area contributed by atoms with Crippen LogP contribution in [-0.2, 0) is 16.8 Å². The Kier molecular flexibility index (Phi) is 7.53. The highest BCUT2D eigenvalue weighted by molar-refractivity contribution is 7.86. The molecule has 0 saturated carbocycles. The molecule has 1 aliphatic heterocycles. The summed E-state index contributed by atoms with van der Waals surface area (Å²) in [5, 5.41) is 2.89. The molecule has 0 radical (unpaired) electrons. The van der Waals surface area contributed by atoms with Gasteiger partial charge in [-0.2, -0.15) is 17.0 Å². The van der Waals surface area contributed by atoms with E-state index in [-0.39, 0.29) is 12.0 Å². The summed E-state index contributed by atoms with van der Waals surface area (Å²) in [4.78, 5) is 12.4. The quantitative estimate of drug-likeness (QED) is 0.671. The Bertz CT molecular complexity index is 984. The fourth-order valence-electron chi connectivity index (χ4n) is 3.36. The number of carbonyl (C=O) groups is 1. The van der Waals surface area contributed by atoms with E-state index >= 15 is 0 Å². The number of amides is 1. The summed E-state index contributed by atoms with van der Waals surface area (Å²) in [5.74, 6) is 1.24. The lowest BCUT2D eigenvalue weighted by atomic mass is 10.1. The maximum absolute atomic E-state index is 12.4. The lowest BCUT2D eigenvalue weighted by molar-refractivity contribution is 0.0950. The fourth-order valence-corrected chi connectivity index (χ4v) is 4.49.